The van der Waals surface area contributed by atoms with Gasteiger partial charge in [0.05, 0.1) is 5.56 Å². The van der Waals surface area contributed by atoms with Crippen molar-refractivity contribution < 1.29 is 27.1 Å². The minimum absolute atomic E-state index is 0.287. The maximum atomic E-state index is 13.9. The van der Waals surface area contributed by atoms with E-state index in [1.54, 1.807) is 6.07 Å². The molecule has 0 radical (unpaired) electrons. The summed E-state index contributed by atoms with van der Waals surface area (Å²) < 4.78 is 57.4. The molecule has 0 bridgehead atoms. The zero-order valence-electron chi connectivity index (χ0n) is 16.8. The number of amides is 1. The number of carbonyl (C=O) groups excluding carboxylic acids is 1. The first-order valence-electron chi connectivity index (χ1n) is 9.82. The SMILES string of the molecule is O=C(OCC(Cl)(Cl)Cl)N1CCC(=C2c3ccc(F)cc3Sc3ccc(C(F)(F)F)cc32)CC1. The van der Waals surface area contributed by atoms with E-state index in [0.29, 0.717) is 39.3 Å². The number of hydrogen-bond donors (Lipinski definition) is 0. The molecule has 0 saturated carbocycles. The number of nitrogens with zero attached hydrogens (tertiary/aromatic N) is 1. The fraction of sp³-hybridized carbons (Fsp3) is 0.318. The molecule has 0 spiro atoms. The summed E-state index contributed by atoms with van der Waals surface area (Å²) in [5.41, 5.74) is 1.91. The molecule has 4 rings (SSSR count). The lowest BCUT2D eigenvalue weighted by Crippen LogP contribution is -2.38. The second-order valence-corrected chi connectivity index (χ2v) is 11.2. The average Bonchev–Trinajstić information content (AvgIpc) is 2.74. The Labute approximate surface area is 206 Å². The Morgan fingerprint density at radius 3 is 2.33 bits per heavy atom. The summed E-state index contributed by atoms with van der Waals surface area (Å²) in [6.45, 7) is 0.176. The zero-order chi connectivity index (χ0) is 24.0. The maximum Gasteiger partial charge on any atom is 0.416 e. The molecule has 2 aliphatic rings. The second kappa shape index (κ2) is 9.21. The van der Waals surface area contributed by atoms with Crippen LogP contribution in [0.5, 0.6) is 0 Å². The van der Waals surface area contributed by atoms with Crippen LogP contribution >= 0.6 is 46.6 Å². The molecule has 3 nitrogen and oxygen atoms in total. The van der Waals surface area contributed by atoms with Gasteiger partial charge in [-0.05, 0) is 59.9 Å². The number of piperidine rings is 1. The molecule has 0 N–H and O–H groups in total. The Balaban J connectivity index is 1.68. The van der Waals surface area contributed by atoms with E-state index in [0.717, 1.165) is 17.7 Å². The fourth-order valence-electron chi connectivity index (χ4n) is 3.87. The van der Waals surface area contributed by atoms with Crippen LogP contribution in [0.4, 0.5) is 22.4 Å². The summed E-state index contributed by atoms with van der Waals surface area (Å²) in [6.07, 6.45) is -4.30. The van der Waals surface area contributed by atoms with Crippen LogP contribution in [-0.2, 0) is 10.9 Å². The van der Waals surface area contributed by atoms with Crippen LogP contribution in [0, 0.1) is 5.82 Å². The number of rotatable bonds is 1. The topological polar surface area (TPSA) is 29.5 Å². The molecule has 0 aromatic heterocycles. The van der Waals surface area contributed by atoms with Crippen molar-refractivity contribution in [2.24, 2.45) is 0 Å². The first-order valence-corrected chi connectivity index (χ1v) is 11.8. The molecule has 2 aromatic carbocycles. The average molecular weight is 541 g/mol. The lowest BCUT2D eigenvalue weighted by molar-refractivity contribution is -0.137. The van der Waals surface area contributed by atoms with Crippen molar-refractivity contribution in [3.63, 3.8) is 0 Å². The normalized spacial score (nSPS) is 16.4. The van der Waals surface area contributed by atoms with Crippen molar-refractivity contribution in [2.75, 3.05) is 19.7 Å². The van der Waals surface area contributed by atoms with Gasteiger partial charge in [-0.1, -0.05) is 58.2 Å². The molecule has 0 atom stereocenters. The minimum atomic E-state index is -4.49. The molecule has 33 heavy (non-hydrogen) atoms. The molecule has 11 heteroatoms. The Hall–Kier alpha value is -1.61. The smallest absolute Gasteiger partial charge is 0.416 e. The van der Waals surface area contributed by atoms with E-state index in [1.165, 1.54) is 34.9 Å². The lowest BCUT2D eigenvalue weighted by atomic mass is 9.87. The maximum absolute atomic E-state index is 13.9. The number of ether oxygens (including phenoxy) is 1. The largest absolute Gasteiger partial charge is 0.445 e. The third-order valence-electron chi connectivity index (χ3n) is 5.35. The van der Waals surface area contributed by atoms with E-state index >= 15 is 0 Å². The van der Waals surface area contributed by atoms with Gasteiger partial charge in [-0.2, -0.15) is 13.2 Å². The first-order chi connectivity index (χ1) is 15.4. The van der Waals surface area contributed by atoms with Crippen molar-refractivity contribution in [1.82, 2.24) is 4.90 Å². The van der Waals surface area contributed by atoms with Crippen LogP contribution in [0.2, 0.25) is 0 Å². The fourth-order valence-corrected chi connectivity index (χ4v) is 5.13. The zero-order valence-corrected chi connectivity index (χ0v) is 19.9. The highest BCUT2D eigenvalue weighted by atomic mass is 35.6. The lowest BCUT2D eigenvalue weighted by Gasteiger charge is -2.32. The molecule has 1 saturated heterocycles. The Morgan fingerprint density at radius 2 is 1.70 bits per heavy atom. The van der Waals surface area contributed by atoms with Gasteiger partial charge in [0, 0.05) is 22.9 Å². The number of halogens is 7. The van der Waals surface area contributed by atoms with Gasteiger partial charge in [0.25, 0.3) is 0 Å². The molecule has 0 aliphatic carbocycles. The van der Waals surface area contributed by atoms with E-state index in [9.17, 15) is 22.4 Å². The van der Waals surface area contributed by atoms with Gasteiger partial charge in [0.2, 0.25) is 3.79 Å². The number of benzene rings is 2. The van der Waals surface area contributed by atoms with Gasteiger partial charge in [-0.3, -0.25) is 0 Å². The second-order valence-electron chi connectivity index (χ2n) is 7.59. The number of hydrogen-bond acceptors (Lipinski definition) is 3. The summed E-state index contributed by atoms with van der Waals surface area (Å²) in [4.78, 5) is 15.0. The molecule has 176 valence electrons. The molecule has 2 aliphatic heterocycles. The van der Waals surface area contributed by atoms with Gasteiger partial charge in [-0.15, -0.1) is 0 Å². The van der Waals surface area contributed by atoms with Gasteiger partial charge < -0.3 is 9.64 Å². The van der Waals surface area contributed by atoms with Crippen LogP contribution in [0.25, 0.3) is 5.57 Å². The molecule has 1 fully saturated rings. The van der Waals surface area contributed by atoms with Crippen LogP contribution in [0.1, 0.15) is 29.5 Å². The highest BCUT2D eigenvalue weighted by molar-refractivity contribution is 7.99. The van der Waals surface area contributed by atoms with E-state index in [2.05, 4.69) is 0 Å². The van der Waals surface area contributed by atoms with Crippen molar-refractivity contribution in [3.05, 3.63) is 64.5 Å². The summed E-state index contributed by atoms with van der Waals surface area (Å²) in [7, 11) is 0. The Morgan fingerprint density at radius 1 is 1.00 bits per heavy atom. The first kappa shape index (κ1) is 24.5. The highest BCUT2D eigenvalue weighted by Crippen LogP contribution is 2.49. The van der Waals surface area contributed by atoms with E-state index in [4.69, 9.17) is 39.5 Å². The molecule has 1 amide bonds. The van der Waals surface area contributed by atoms with Crippen LogP contribution in [-0.4, -0.2) is 34.5 Å². The number of alkyl halides is 6. The quantitative estimate of drug-likeness (QED) is 0.234. The molecular weight excluding hydrogens is 525 g/mol. The summed E-state index contributed by atoms with van der Waals surface area (Å²) in [5.74, 6) is -0.424. The minimum Gasteiger partial charge on any atom is -0.445 e. The highest BCUT2D eigenvalue weighted by Gasteiger charge is 2.34. The van der Waals surface area contributed by atoms with Crippen LogP contribution in [0.3, 0.4) is 0 Å². The van der Waals surface area contributed by atoms with Crippen molar-refractivity contribution >= 4 is 58.2 Å². The third kappa shape index (κ3) is 5.56. The summed E-state index contributed by atoms with van der Waals surface area (Å²) >= 11 is 18.1. The molecule has 2 aromatic rings. The predicted octanol–water partition coefficient (Wildman–Crippen LogP) is 7.71. The van der Waals surface area contributed by atoms with E-state index in [-0.39, 0.29) is 13.1 Å². The number of fused-ring (bicyclic) bond motifs is 2. The van der Waals surface area contributed by atoms with E-state index in [1.807, 2.05) is 0 Å². The van der Waals surface area contributed by atoms with Gasteiger partial charge in [-0.25, -0.2) is 9.18 Å². The van der Waals surface area contributed by atoms with Gasteiger partial charge in [0.1, 0.15) is 12.4 Å². The van der Waals surface area contributed by atoms with Crippen molar-refractivity contribution in [1.29, 1.82) is 0 Å². The van der Waals surface area contributed by atoms with E-state index < -0.39 is 34.0 Å². The van der Waals surface area contributed by atoms with Crippen LogP contribution < -0.4 is 0 Å². The summed E-state index contributed by atoms with van der Waals surface area (Å²) in [5, 5.41) is 0. The van der Waals surface area contributed by atoms with Crippen molar-refractivity contribution in [2.45, 2.75) is 32.6 Å². The monoisotopic (exact) mass is 539 g/mol. The third-order valence-corrected chi connectivity index (χ3v) is 6.81. The van der Waals surface area contributed by atoms with Crippen LogP contribution in [0.15, 0.2) is 51.8 Å². The predicted molar refractivity (Wildman–Crippen MR) is 120 cm³/mol. The number of carbonyl (C=O) groups is 1. The van der Waals surface area contributed by atoms with Crippen molar-refractivity contribution in [3.8, 4) is 0 Å². The van der Waals surface area contributed by atoms with Gasteiger partial charge in [0.15, 0.2) is 0 Å². The molecule has 0 unspecified atom stereocenters. The van der Waals surface area contributed by atoms with Gasteiger partial charge >= 0.3 is 12.3 Å². The molecule has 2 heterocycles. The molecular formula is C22H16Cl3F4NO2S. The Kier molecular flexibility index (Phi) is 6.84. The summed E-state index contributed by atoms with van der Waals surface area (Å²) in [6, 6.07) is 7.84. The number of likely N-dealkylation sites (tertiary alicyclic amines) is 1. The standard InChI is InChI=1S/C22H16Cl3F4NO2S/c23-21(24,25)11-32-20(31)30-7-5-12(6-8-30)19-15-3-2-14(26)10-18(15)33-17-4-1-13(9-16(17)19)22(27,28)29/h1-4,9-10H,5-8,11H2. The Bertz CT molecular complexity index is 1120.